The van der Waals surface area contributed by atoms with Gasteiger partial charge in [0.2, 0.25) is 15.9 Å². The first kappa shape index (κ1) is 21.8. The van der Waals surface area contributed by atoms with Gasteiger partial charge in [0.1, 0.15) is 5.75 Å². The third-order valence-electron chi connectivity index (χ3n) is 4.88. The maximum absolute atomic E-state index is 12.3. The van der Waals surface area contributed by atoms with E-state index in [0.29, 0.717) is 18.6 Å². The van der Waals surface area contributed by atoms with Crippen LogP contribution < -0.4 is 15.4 Å². The van der Waals surface area contributed by atoms with Crippen molar-refractivity contribution in [3.63, 3.8) is 0 Å². The van der Waals surface area contributed by atoms with Crippen LogP contribution in [0.2, 0.25) is 0 Å². The molecular formula is C21H25N3O5S. The van der Waals surface area contributed by atoms with Crippen molar-refractivity contribution in [2.24, 2.45) is 0 Å². The Kier molecular flexibility index (Phi) is 6.42. The highest BCUT2D eigenvalue weighted by Crippen LogP contribution is 2.26. The minimum absolute atomic E-state index is 0.00289. The second-order valence-corrected chi connectivity index (χ2v) is 9.45. The summed E-state index contributed by atoms with van der Waals surface area (Å²) in [7, 11) is -0.535. The molecule has 2 aromatic rings. The van der Waals surface area contributed by atoms with E-state index in [9.17, 15) is 18.0 Å². The summed E-state index contributed by atoms with van der Waals surface area (Å²) in [4.78, 5) is 23.9. The Morgan fingerprint density at radius 3 is 2.53 bits per heavy atom. The van der Waals surface area contributed by atoms with Crippen molar-refractivity contribution in [2.45, 2.75) is 30.7 Å². The van der Waals surface area contributed by atoms with E-state index < -0.39 is 10.0 Å². The Hall–Kier alpha value is -2.91. The average molecular weight is 432 g/mol. The van der Waals surface area contributed by atoms with Crippen molar-refractivity contribution in [3.8, 4) is 5.75 Å². The minimum atomic E-state index is -3.49. The molecule has 2 amide bonds. The normalized spacial score (nSPS) is 14.6. The number of amides is 2. The van der Waals surface area contributed by atoms with Crippen molar-refractivity contribution < 1.29 is 22.7 Å². The molecule has 0 radical (unpaired) electrons. The smallest absolute Gasteiger partial charge is 0.258 e. The van der Waals surface area contributed by atoms with Gasteiger partial charge in [0.05, 0.1) is 10.9 Å². The van der Waals surface area contributed by atoms with Gasteiger partial charge in [-0.1, -0.05) is 12.1 Å². The van der Waals surface area contributed by atoms with E-state index >= 15 is 0 Å². The van der Waals surface area contributed by atoms with Crippen LogP contribution >= 0.6 is 0 Å². The summed E-state index contributed by atoms with van der Waals surface area (Å²) >= 11 is 0. The van der Waals surface area contributed by atoms with Gasteiger partial charge < -0.3 is 15.4 Å². The van der Waals surface area contributed by atoms with Crippen LogP contribution in [-0.2, 0) is 26.0 Å². The standard InChI is InChI=1S/C21H25N3O5S/c1-14(15-4-8-18(9-5-15)30(27,28)24(2)3)22-21(26)13-29-17-7-10-19-16(12-17)6-11-20(25)23-19/h4-5,7-10,12,14H,6,11,13H2,1-3H3,(H,22,26)(H,23,25). The number of carbonyl (C=O) groups excluding carboxylic acids is 2. The van der Waals surface area contributed by atoms with E-state index in [0.717, 1.165) is 21.1 Å². The predicted molar refractivity (Wildman–Crippen MR) is 113 cm³/mol. The summed E-state index contributed by atoms with van der Waals surface area (Å²) in [5.74, 6) is 0.265. The maximum atomic E-state index is 12.3. The summed E-state index contributed by atoms with van der Waals surface area (Å²) in [6.45, 7) is 1.66. The second kappa shape index (κ2) is 8.85. The Balaban J connectivity index is 1.55. The molecule has 0 spiro atoms. The van der Waals surface area contributed by atoms with Gasteiger partial charge in [-0.15, -0.1) is 0 Å². The zero-order valence-corrected chi connectivity index (χ0v) is 18.0. The fraction of sp³-hybridized carbons (Fsp3) is 0.333. The molecule has 1 atom stereocenters. The summed E-state index contributed by atoms with van der Waals surface area (Å²) < 4.78 is 31.0. The van der Waals surface area contributed by atoms with Crippen LogP contribution in [-0.4, -0.2) is 45.2 Å². The van der Waals surface area contributed by atoms with Crippen molar-refractivity contribution in [1.82, 2.24) is 9.62 Å². The first-order valence-electron chi connectivity index (χ1n) is 9.54. The molecule has 3 rings (SSSR count). The predicted octanol–water partition coefficient (Wildman–Crippen LogP) is 2.08. The molecular weight excluding hydrogens is 406 g/mol. The average Bonchev–Trinajstić information content (AvgIpc) is 2.72. The lowest BCUT2D eigenvalue weighted by Gasteiger charge is -2.18. The molecule has 2 N–H and O–H groups in total. The van der Waals surface area contributed by atoms with Crippen LogP contribution in [0.25, 0.3) is 0 Å². The number of carbonyl (C=O) groups is 2. The quantitative estimate of drug-likeness (QED) is 0.698. The summed E-state index contributed by atoms with van der Waals surface area (Å²) in [6.07, 6.45) is 1.07. The van der Waals surface area contributed by atoms with Crippen LogP contribution in [0.3, 0.4) is 0 Å². The highest BCUT2D eigenvalue weighted by molar-refractivity contribution is 7.89. The number of ether oxygens (including phenoxy) is 1. The van der Waals surface area contributed by atoms with Crippen molar-refractivity contribution in [3.05, 3.63) is 53.6 Å². The Morgan fingerprint density at radius 2 is 1.87 bits per heavy atom. The molecule has 1 aliphatic rings. The van der Waals surface area contributed by atoms with Crippen molar-refractivity contribution in [2.75, 3.05) is 26.0 Å². The summed E-state index contributed by atoms with van der Waals surface area (Å²) in [5, 5.41) is 5.64. The zero-order valence-electron chi connectivity index (χ0n) is 17.1. The molecule has 0 aliphatic carbocycles. The molecule has 2 aromatic carbocycles. The van der Waals surface area contributed by atoms with E-state index in [1.54, 1.807) is 24.3 Å². The number of benzene rings is 2. The number of aryl methyl sites for hydroxylation is 1. The highest BCUT2D eigenvalue weighted by atomic mass is 32.2. The van der Waals surface area contributed by atoms with Gasteiger partial charge in [-0.2, -0.15) is 0 Å². The summed E-state index contributed by atoms with van der Waals surface area (Å²) in [5.41, 5.74) is 2.54. The Labute approximate surface area is 176 Å². The number of hydrogen-bond donors (Lipinski definition) is 2. The van der Waals surface area contributed by atoms with Crippen LogP contribution in [0.15, 0.2) is 47.4 Å². The van der Waals surface area contributed by atoms with Crippen LogP contribution in [0.1, 0.15) is 30.5 Å². The van der Waals surface area contributed by atoms with E-state index in [2.05, 4.69) is 10.6 Å². The number of anilines is 1. The van der Waals surface area contributed by atoms with Crippen molar-refractivity contribution in [1.29, 1.82) is 0 Å². The van der Waals surface area contributed by atoms with Gasteiger partial charge in [0.25, 0.3) is 5.91 Å². The molecule has 1 heterocycles. The Morgan fingerprint density at radius 1 is 1.17 bits per heavy atom. The number of nitrogens with one attached hydrogen (secondary N) is 2. The third kappa shape index (κ3) is 4.98. The lowest BCUT2D eigenvalue weighted by Crippen LogP contribution is -2.31. The van der Waals surface area contributed by atoms with E-state index in [1.165, 1.54) is 26.2 Å². The molecule has 0 fully saturated rings. The molecule has 1 aliphatic heterocycles. The van der Waals surface area contributed by atoms with Gasteiger partial charge in [-0.3, -0.25) is 9.59 Å². The van der Waals surface area contributed by atoms with Gasteiger partial charge in [0, 0.05) is 26.2 Å². The van der Waals surface area contributed by atoms with Gasteiger partial charge in [0.15, 0.2) is 6.61 Å². The van der Waals surface area contributed by atoms with E-state index in [-0.39, 0.29) is 29.4 Å². The van der Waals surface area contributed by atoms with Crippen LogP contribution in [0.4, 0.5) is 5.69 Å². The molecule has 9 heteroatoms. The highest BCUT2D eigenvalue weighted by Gasteiger charge is 2.18. The Bertz CT molecular complexity index is 1050. The molecule has 1 unspecified atom stereocenters. The number of nitrogens with zero attached hydrogens (tertiary/aromatic N) is 1. The van der Waals surface area contributed by atoms with Gasteiger partial charge in [-0.05, 0) is 54.8 Å². The third-order valence-corrected chi connectivity index (χ3v) is 6.71. The molecule has 0 aromatic heterocycles. The topological polar surface area (TPSA) is 105 Å². The van der Waals surface area contributed by atoms with E-state index in [1.807, 2.05) is 13.0 Å². The zero-order chi connectivity index (χ0) is 21.9. The fourth-order valence-electron chi connectivity index (χ4n) is 3.10. The monoisotopic (exact) mass is 431 g/mol. The van der Waals surface area contributed by atoms with Gasteiger partial charge >= 0.3 is 0 Å². The van der Waals surface area contributed by atoms with Crippen LogP contribution in [0.5, 0.6) is 5.75 Å². The number of hydrogen-bond acceptors (Lipinski definition) is 5. The van der Waals surface area contributed by atoms with E-state index in [4.69, 9.17) is 4.74 Å². The number of fused-ring (bicyclic) bond motifs is 1. The van der Waals surface area contributed by atoms with Gasteiger partial charge in [-0.25, -0.2) is 12.7 Å². The maximum Gasteiger partial charge on any atom is 0.258 e. The molecule has 8 nitrogen and oxygen atoms in total. The SMILES string of the molecule is CC(NC(=O)COc1ccc2c(c1)CCC(=O)N2)c1ccc(S(=O)(=O)N(C)C)cc1. The summed E-state index contributed by atoms with van der Waals surface area (Å²) in [6, 6.07) is 11.4. The lowest BCUT2D eigenvalue weighted by molar-refractivity contribution is -0.123. The second-order valence-electron chi connectivity index (χ2n) is 7.30. The fourth-order valence-corrected chi connectivity index (χ4v) is 4.01. The molecule has 160 valence electrons. The molecule has 0 saturated carbocycles. The van der Waals surface area contributed by atoms with Crippen LogP contribution in [0, 0.1) is 0 Å². The minimum Gasteiger partial charge on any atom is -0.484 e. The first-order chi connectivity index (χ1) is 14.2. The molecule has 0 bridgehead atoms. The number of rotatable bonds is 7. The molecule has 0 saturated heterocycles. The lowest BCUT2D eigenvalue weighted by atomic mass is 10.0. The number of sulfonamides is 1. The molecule has 30 heavy (non-hydrogen) atoms. The van der Waals surface area contributed by atoms with Crippen molar-refractivity contribution >= 4 is 27.5 Å². The first-order valence-corrected chi connectivity index (χ1v) is 11.0. The largest absolute Gasteiger partial charge is 0.484 e.